The van der Waals surface area contributed by atoms with E-state index in [1.807, 2.05) is 0 Å². The summed E-state index contributed by atoms with van der Waals surface area (Å²) in [6.07, 6.45) is 17.8. The summed E-state index contributed by atoms with van der Waals surface area (Å²) in [6, 6.07) is 36.5. The molecule has 0 saturated heterocycles. The highest BCUT2D eigenvalue weighted by Crippen LogP contribution is 2.65. The fourth-order valence-corrected chi connectivity index (χ4v) is 8.83. The van der Waals surface area contributed by atoms with Gasteiger partial charge in [0.2, 0.25) is 0 Å². The van der Waals surface area contributed by atoms with Crippen molar-refractivity contribution in [1.29, 1.82) is 0 Å². The molecule has 5 rings (SSSR count). The Hall–Kier alpha value is -1.72. The first-order chi connectivity index (χ1) is 23.9. The van der Waals surface area contributed by atoms with E-state index < -0.39 is 0 Å². The molecule has 0 fully saturated rings. The quantitative estimate of drug-likeness (QED) is 0.0873. The van der Waals surface area contributed by atoms with Gasteiger partial charge >= 0.3 is 0 Å². The van der Waals surface area contributed by atoms with E-state index in [1.54, 1.807) is 0 Å². The number of halogens is 4. The van der Waals surface area contributed by atoms with Gasteiger partial charge in [0.25, 0.3) is 0 Å². The number of hydrogen-bond donors (Lipinski definition) is 0. The minimum atomic E-state index is -0.137. The molecule has 0 saturated carbocycles. The van der Waals surface area contributed by atoms with Crippen LogP contribution in [0.5, 0.6) is 0 Å². The van der Waals surface area contributed by atoms with Crippen LogP contribution in [0, 0.1) is 5.41 Å². The van der Waals surface area contributed by atoms with E-state index in [0.29, 0.717) is 0 Å². The van der Waals surface area contributed by atoms with Crippen LogP contribution in [-0.4, -0.2) is 0 Å². The third-order valence-electron chi connectivity index (χ3n) is 10.2. The Morgan fingerprint density at radius 3 is 0.918 bits per heavy atom. The first-order valence-electron chi connectivity index (χ1n) is 18.4. The predicted octanol–water partition coefficient (Wildman–Crippen LogP) is 16.8. The summed E-state index contributed by atoms with van der Waals surface area (Å²) in [5.74, 6) is 0. The summed E-state index contributed by atoms with van der Waals surface area (Å²) in [6.45, 7) is 4.62. The predicted molar refractivity (Wildman–Crippen MR) is 229 cm³/mol. The van der Waals surface area contributed by atoms with Crippen molar-refractivity contribution >= 4 is 86.0 Å². The van der Waals surface area contributed by atoms with Gasteiger partial charge in [0, 0.05) is 23.3 Å². The first kappa shape index (κ1) is 38.5. The molecule has 0 N–H and O–H groups in total. The second-order valence-electron chi connectivity index (χ2n) is 13.6. The zero-order valence-corrected chi connectivity index (χ0v) is 35.5. The minimum Gasteiger partial charge on any atom is -0.0654 e. The molecule has 1 aliphatic carbocycles. The summed E-state index contributed by atoms with van der Waals surface area (Å²) >= 11 is 15.0. The molecular weight excluding hydrogens is 860 g/mol. The fourth-order valence-electron chi connectivity index (χ4n) is 7.78. The number of hydrogen-bond acceptors (Lipinski definition) is 0. The lowest BCUT2D eigenvalue weighted by molar-refractivity contribution is 0.401. The van der Waals surface area contributed by atoms with Crippen molar-refractivity contribution in [2.24, 2.45) is 5.41 Å². The fraction of sp³-hybridized carbons (Fsp3) is 0.378. The van der Waals surface area contributed by atoms with Gasteiger partial charge < -0.3 is 0 Å². The molecule has 4 heteroatoms. The minimum absolute atomic E-state index is 0.137. The van der Waals surface area contributed by atoms with Crippen LogP contribution in [0.15, 0.2) is 115 Å². The molecule has 0 bridgehead atoms. The molecule has 49 heavy (non-hydrogen) atoms. The van der Waals surface area contributed by atoms with Gasteiger partial charge in [0.1, 0.15) is 0 Å². The molecule has 0 heterocycles. The number of unbranched alkanes of at least 4 members (excludes halogenated alkanes) is 10. The highest BCUT2D eigenvalue weighted by atomic mass is 79.9. The molecule has 0 nitrogen and oxygen atoms in total. The van der Waals surface area contributed by atoms with Gasteiger partial charge in [-0.25, -0.2) is 0 Å². The third-order valence-corrected chi connectivity index (χ3v) is 12.3. The highest BCUT2D eigenvalue weighted by molar-refractivity contribution is 9.11. The lowest BCUT2D eigenvalue weighted by Gasteiger charge is -2.38. The summed E-state index contributed by atoms with van der Waals surface area (Å²) in [5, 5.41) is 0. The van der Waals surface area contributed by atoms with Crippen LogP contribution in [0.1, 0.15) is 126 Å². The van der Waals surface area contributed by atoms with Gasteiger partial charge in [-0.3, -0.25) is 0 Å². The van der Waals surface area contributed by atoms with Crippen LogP contribution < -0.4 is 0 Å². The van der Waals surface area contributed by atoms with Crippen molar-refractivity contribution in [3.05, 3.63) is 137 Å². The van der Waals surface area contributed by atoms with E-state index in [-0.39, 0.29) is 5.41 Å². The van der Waals surface area contributed by atoms with E-state index in [1.165, 1.54) is 122 Å². The molecule has 0 amide bonds. The maximum atomic E-state index is 3.76. The smallest absolute Gasteiger partial charge is 0.0227 e. The van der Waals surface area contributed by atoms with Crippen LogP contribution in [-0.2, 0) is 0 Å². The largest absolute Gasteiger partial charge is 0.0654 e. The van der Waals surface area contributed by atoms with Gasteiger partial charge in [-0.05, 0) is 106 Å². The van der Waals surface area contributed by atoms with E-state index in [0.717, 1.165) is 30.7 Å². The van der Waals surface area contributed by atoms with Crippen molar-refractivity contribution in [1.82, 2.24) is 0 Å². The molecule has 1 aliphatic rings. The first-order valence-corrected chi connectivity index (χ1v) is 21.6. The maximum Gasteiger partial charge on any atom is 0.0227 e. The van der Waals surface area contributed by atoms with E-state index in [9.17, 15) is 0 Å². The summed E-state index contributed by atoms with van der Waals surface area (Å²) in [7, 11) is 0. The standard InChI is InChI=1S/C45H50Br4/c1-3-5-7-9-11-13-31-45(32-14-12-10-8-6-4-2)43(35-19-27-39(48)28-20-35)41(33-15-23-37(46)24-16-33)42(34-17-25-38(47)26-18-34)44(45)36-21-29-40(49)30-22-36/h15-30H,3-14,31-32H2,1-2H3. The Morgan fingerprint density at radius 1 is 0.347 bits per heavy atom. The molecule has 0 spiro atoms. The van der Waals surface area contributed by atoms with E-state index in [4.69, 9.17) is 0 Å². The number of benzene rings is 4. The van der Waals surface area contributed by atoms with Crippen LogP contribution in [0.4, 0.5) is 0 Å². The normalized spacial score (nSPS) is 14.2. The Kier molecular flexibility index (Phi) is 15.1. The van der Waals surface area contributed by atoms with Crippen LogP contribution in [0.25, 0.3) is 22.3 Å². The molecule has 0 radical (unpaired) electrons. The Labute approximate surface area is 329 Å². The summed E-state index contributed by atoms with van der Waals surface area (Å²) in [5.41, 5.74) is 10.9. The van der Waals surface area contributed by atoms with Crippen LogP contribution in [0.3, 0.4) is 0 Å². The molecule has 0 aliphatic heterocycles. The van der Waals surface area contributed by atoms with Gasteiger partial charge in [-0.2, -0.15) is 0 Å². The number of rotatable bonds is 18. The number of allylic oxidation sites excluding steroid dienone is 4. The van der Waals surface area contributed by atoms with Gasteiger partial charge in [0.05, 0.1) is 0 Å². The summed E-state index contributed by atoms with van der Waals surface area (Å²) < 4.78 is 4.44. The van der Waals surface area contributed by atoms with Gasteiger partial charge in [-0.1, -0.05) is 203 Å². The Bertz CT molecular complexity index is 1550. The zero-order chi connectivity index (χ0) is 34.6. The molecule has 258 valence electrons. The van der Waals surface area contributed by atoms with Crippen LogP contribution >= 0.6 is 63.7 Å². The van der Waals surface area contributed by atoms with E-state index >= 15 is 0 Å². The highest BCUT2D eigenvalue weighted by Gasteiger charge is 2.47. The van der Waals surface area contributed by atoms with Crippen molar-refractivity contribution in [2.75, 3.05) is 0 Å². The molecule has 4 aromatic rings. The average molecular weight is 911 g/mol. The second kappa shape index (κ2) is 19.2. The SMILES string of the molecule is CCCCCCCCC1(CCCCCCCC)C(c2ccc(Br)cc2)=C(c2ccc(Br)cc2)C(c2ccc(Br)cc2)=C1c1ccc(Br)cc1. The molecular formula is C45H50Br4. The van der Waals surface area contributed by atoms with Crippen molar-refractivity contribution in [2.45, 2.75) is 104 Å². The van der Waals surface area contributed by atoms with Crippen molar-refractivity contribution in [3.63, 3.8) is 0 Å². The Morgan fingerprint density at radius 2 is 0.612 bits per heavy atom. The van der Waals surface area contributed by atoms with Crippen molar-refractivity contribution < 1.29 is 0 Å². The topological polar surface area (TPSA) is 0 Å². The van der Waals surface area contributed by atoms with Gasteiger partial charge in [-0.15, -0.1) is 0 Å². The molecule has 0 aromatic heterocycles. The summed E-state index contributed by atoms with van der Waals surface area (Å²) in [4.78, 5) is 0. The zero-order valence-electron chi connectivity index (χ0n) is 29.1. The van der Waals surface area contributed by atoms with Crippen molar-refractivity contribution in [3.8, 4) is 0 Å². The Balaban J connectivity index is 1.82. The monoisotopic (exact) mass is 906 g/mol. The maximum absolute atomic E-state index is 3.76. The van der Waals surface area contributed by atoms with E-state index in [2.05, 4.69) is 175 Å². The second-order valence-corrected chi connectivity index (χ2v) is 17.3. The lowest BCUT2D eigenvalue weighted by Crippen LogP contribution is -2.23. The van der Waals surface area contributed by atoms with Gasteiger partial charge in [0.15, 0.2) is 0 Å². The molecule has 0 atom stereocenters. The van der Waals surface area contributed by atoms with Crippen LogP contribution in [0.2, 0.25) is 0 Å². The third kappa shape index (κ3) is 9.79. The molecule has 0 unspecified atom stereocenters. The average Bonchev–Trinajstić information content (AvgIpc) is 3.40. The lowest BCUT2D eigenvalue weighted by atomic mass is 9.65. The molecule has 4 aromatic carbocycles.